The molecule has 0 bridgehead atoms. The zero-order valence-electron chi connectivity index (χ0n) is 12.0. The third-order valence-corrected chi connectivity index (χ3v) is 6.14. The Balaban J connectivity index is 1.77. The first kappa shape index (κ1) is 15.7. The minimum atomic E-state index is -4.24. The molecule has 1 N–H and O–H groups in total. The van der Waals surface area contributed by atoms with Crippen LogP contribution in [-0.2, 0) is 11.9 Å². The Labute approximate surface area is 135 Å². The molecular weight excluding hydrogens is 327 g/mol. The largest absolute Gasteiger partial charge is 0.425 e. The smallest absolute Gasteiger partial charge is 0.387 e. The minimum Gasteiger partial charge on any atom is -0.387 e. The summed E-state index contributed by atoms with van der Waals surface area (Å²) in [6.07, 6.45) is -1.83. The second-order valence-electron chi connectivity index (χ2n) is 5.30. The molecule has 1 saturated carbocycles. The number of hydrogen-bond acceptors (Lipinski definition) is 3. The van der Waals surface area contributed by atoms with Gasteiger partial charge in [-0.3, -0.25) is 0 Å². The predicted molar refractivity (Wildman–Crippen MR) is 86.8 cm³/mol. The summed E-state index contributed by atoms with van der Waals surface area (Å²) in [7, 11) is 1.88. The number of nitrogens with one attached hydrogen (secondary N) is 1. The Hall–Kier alpha value is -1.14. The number of anilines is 1. The zero-order chi connectivity index (χ0) is 15.7. The molecule has 2 aromatic rings. The standard InChI is InChI=1S/C16H16F3NS2/c1-20-13-4-2-3-12(10-5-6-10)15(13)21-9-11-7-8-14(22-11)16(17,18)19/h2-4,7-8,10,20H,5-6,9H2,1H3. The van der Waals surface area contributed by atoms with E-state index in [1.54, 1.807) is 17.8 Å². The molecule has 0 spiro atoms. The Morgan fingerprint density at radius 1 is 1.23 bits per heavy atom. The molecule has 1 heterocycles. The van der Waals surface area contributed by atoms with Crippen molar-refractivity contribution in [1.82, 2.24) is 0 Å². The molecule has 1 aromatic heterocycles. The summed E-state index contributed by atoms with van der Waals surface area (Å²) in [5, 5.41) is 3.19. The van der Waals surface area contributed by atoms with Gasteiger partial charge in [0, 0.05) is 28.3 Å². The van der Waals surface area contributed by atoms with Gasteiger partial charge >= 0.3 is 6.18 Å². The summed E-state index contributed by atoms with van der Waals surface area (Å²) >= 11 is 2.46. The third kappa shape index (κ3) is 3.43. The van der Waals surface area contributed by atoms with Crippen LogP contribution in [0.15, 0.2) is 35.2 Å². The Morgan fingerprint density at radius 3 is 2.59 bits per heavy atom. The Kier molecular flexibility index (Phi) is 4.41. The lowest BCUT2D eigenvalue weighted by Gasteiger charge is -2.13. The van der Waals surface area contributed by atoms with Gasteiger partial charge in [0.05, 0.1) is 0 Å². The summed E-state index contributed by atoms with van der Waals surface area (Å²) < 4.78 is 38.0. The topological polar surface area (TPSA) is 12.0 Å². The van der Waals surface area contributed by atoms with Crippen molar-refractivity contribution in [2.24, 2.45) is 0 Å². The average Bonchev–Trinajstić information content (AvgIpc) is 3.21. The van der Waals surface area contributed by atoms with Crippen LogP contribution < -0.4 is 5.32 Å². The van der Waals surface area contributed by atoms with E-state index in [-0.39, 0.29) is 0 Å². The number of rotatable bonds is 5. The SMILES string of the molecule is CNc1cccc(C2CC2)c1SCc1ccc(C(F)(F)F)s1. The van der Waals surface area contributed by atoms with E-state index in [0.29, 0.717) is 11.7 Å². The van der Waals surface area contributed by atoms with Crippen molar-refractivity contribution in [2.75, 3.05) is 12.4 Å². The third-order valence-electron chi connectivity index (χ3n) is 3.63. The number of halogens is 3. The van der Waals surface area contributed by atoms with Crippen LogP contribution >= 0.6 is 23.1 Å². The van der Waals surface area contributed by atoms with Crippen molar-refractivity contribution in [1.29, 1.82) is 0 Å². The average molecular weight is 343 g/mol. The number of benzene rings is 1. The lowest BCUT2D eigenvalue weighted by atomic mass is 10.1. The summed E-state index contributed by atoms with van der Waals surface area (Å²) in [4.78, 5) is 1.41. The van der Waals surface area contributed by atoms with Gasteiger partial charge in [-0.15, -0.1) is 23.1 Å². The van der Waals surface area contributed by atoms with Crippen LogP contribution in [0.3, 0.4) is 0 Å². The molecule has 118 valence electrons. The highest BCUT2D eigenvalue weighted by Crippen LogP contribution is 2.47. The highest BCUT2D eigenvalue weighted by atomic mass is 32.2. The van der Waals surface area contributed by atoms with E-state index < -0.39 is 11.1 Å². The monoisotopic (exact) mass is 343 g/mol. The molecule has 0 radical (unpaired) electrons. The van der Waals surface area contributed by atoms with Crippen LogP contribution in [0.1, 0.15) is 34.1 Å². The zero-order valence-corrected chi connectivity index (χ0v) is 13.7. The first-order valence-corrected chi connectivity index (χ1v) is 8.88. The van der Waals surface area contributed by atoms with Gasteiger partial charge in [0.1, 0.15) is 4.88 Å². The van der Waals surface area contributed by atoms with Gasteiger partial charge in [-0.2, -0.15) is 13.2 Å². The maximum Gasteiger partial charge on any atom is 0.425 e. The molecule has 22 heavy (non-hydrogen) atoms. The van der Waals surface area contributed by atoms with Gasteiger partial charge < -0.3 is 5.32 Å². The highest BCUT2D eigenvalue weighted by Gasteiger charge is 2.32. The van der Waals surface area contributed by atoms with E-state index in [2.05, 4.69) is 11.4 Å². The van der Waals surface area contributed by atoms with Crippen LogP contribution in [0, 0.1) is 0 Å². The summed E-state index contributed by atoms with van der Waals surface area (Å²) in [5.41, 5.74) is 2.38. The molecule has 1 aliphatic carbocycles. The first-order chi connectivity index (χ1) is 10.5. The van der Waals surface area contributed by atoms with E-state index in [0.717, 1.165) is 21.9 Å². The molecule has 0 saturated heterocycles. The molecular formula is C16H16F3NS2. The molecule has 0 atom stereocenters. The van der Waals surface area contributed by atoms with Gasteiger partial charge in [-0.05, 0) is 42.5 Å². The normalized spacial score (nSPS) is 15.1. The van der Waals surface area contributed by atoms with Crippen LogP contribution in [0.4, 0.5) is 18.9 Å². The van der Waals surface area contributed by atoms with E-state index >= 15 is 0 Å². The van der Waals surface area contributed by atoms with Crippen LogP contribution in [-0.4, -0.2) is 7.05 Å². The fourth-order valence-corrected chi connectivity index (χ4v) is 4.57. The fourth-order valence-electron chi connectivity index (χ4n) is 2.38. The summed E-state index contributed by atoms with van der Waals surface area (Å²) in [5.74, 6) is 1.18. The van der Waals surface area contributed by atoms with Crippen LogP contribution in [0.5, 0.6) is 0 Å². The molecule has 1 aliphatic rings. The maximum atomic E-state index is 12.7. The second kappa shape index (κ2) is 6.16. The van der Waals surface area contributed by atoms with Gasteiger partial charge in [-0.1, -0.05) is 12.1 Å². The molecule has 1 fully saturated rings. The lowest BCUT2D eigenvalue weighted by molar-refractivity contribution is -0.134. The van der Waals surface area contributed by atoms with Gasteiger partial charge in [-0.25, -0.2) is 0 Å². The molecule has 0 amide bonds. The Morgan fingerprint density at radius 2 is 2.00 bits per heavy atom. The van der Waals surface area contributed by atoms with Crippen molar-refractivity contribution >= 4 is 28.8 Å². The van der Waals surface area contributed by atoms with E-state index in [1.165, 1.54) is 29.4 Å². The molecule has 3 rings (SSSR count). The van der Waals surface area contributed by atoms with Crippen molar-refractivity contribution < 1.29 is 13.2 Å². The predicted octanol–water partition coefficient (Wildman–Crippen LogP) is 5.98. The number of thioether (sulfide) groups is 1. The van der Waals surface area contributed by atoms with Gasteiger partial charge in [0.15, 0.2) is 0 Å². The summed E-state index contributed by atoms with van der Waals surface area (Å²) in [6.45, 7) is 0. The van der Waals surface area contributed by atoms with Crippen molar-refractivity contribution in [3.05, 3.63) is 45.6 Å². The molecule has 1 aromatic carbocycles. The second-order valence-corrected chi connectivity index (χ2v) is 7.45. The van der Waals surface area contributed by atoms with E-state index in [1.807, 2.05) is 19.2 Å². The first-order valence-electron chi connectivity index (χ1n) is 7.08. The lowest BCUT2D eigenvalue weighted by Crippen LogP contribution is -2.00. The highest BCUT2D eigenvalue weighted by molar-refractivity contribution is 7.98. The minimum absolute atomic E-state index is 0.521. The van der Waals surface area contributed by atoms with Crippen molar-refractivity contribution in [3.63, 3.8) is 0 Å². The van der Waals surface area contributed by atoms with E-state index in [4.69, 9.17) is 0 Å². The molecule has 1 nitrogen and oxygen atoms in total. The number of hydrogen-bond donors (Lipinski definition) is 1. The van der Waals surface area contributed by atoms with Crippen LogP contribution in [0.25, 0.3) is 0 Å². The molecule has 0 unspecified atom stereocenters. The van der Waals surface area contributed by atoms with Crippen LogP contribution in [0.2, 0.25) is 0 Å². The summed E-state index contributed by atoms with van der Waals surface area (Å²) in [6, 6.07) is 8.95. The number of alkyl halides is 3. The van der Waals surface area contributed by atoms with Crippen molar-refractivity contribution in [2.45, 2.75) is 35.6 Å². The van der Waals surface area contributed by atoms with Crippen molar-refractivity contribution in [3.8, 4) is 0 Å². The molecule has 0 aliphatic heterocycles. The number of thiophene rings is 1. The Bertz CT molecular complexity index is 660. The fraction of sp³-hybridized carbons (Fsp3) is 0.375. The van der Waals surface area contributed by atoms with Gasteiger partial charge in [0.2, 0.25) is 0 Å². The quantitative estimate of drug-likeness (QED) is 0.670. The maximum absolute atomic E-state index is 12.7. The molecule has 6 heteroatoms. The van der Waals surface area contributed by atoms with Gasteiger partial charge in [0.25, 0.3) is 0 Å². The van der Waals surface area contributed by atoms with E-state index in [9.17, 15) is 13.2 Å².